The third-order valence-electron chi connectivity index (χ3n) is 2.52. The Hall–Kier alpha value is -0.340. The summed E-state index contributed by atoms with van der Waals surface area (Å²) in [5.41, 5.74) is 0.435. The maximum Gasteiger partial charge on any atom is 0.0924 e. The molecule has 0 fully saturated rings. The van der Waals surface area contributed by atoms with Crippen LogP contribution in [0.15, 0.2) is 16.8 Å². The van der Waals surface area contributed by atoms with Gasteiger partial charge in [0.25, 0.3) is 0 Å². The van der Waals surface area contributed by atoms with Crippen LogP contribution in [-0.2, 0) is 5.60 Å². The van der Waals surface area contributed by atoms with E-state index in [0.717, 1.165) is 12.0 Å². The van der Waals surface area contributed by atoms with Gasteiger partial charge in [-0.3, -0.25) is 0 Å². The van der Waals surface area contributed by atoms with Gasteiger partial charge in [-0.2, -0.15) is 11.3 Å². The quantitative estimate of drug-likeness (QED) is 0.765. The van der Waals surface area contributed by atoms with E-state index in [0.29, 0.717) is 0 Å². The molecule has 0 aliphatic heterocycles. The summed E-state index contributed by atoms with van der Waals surface area (Å²) >= 11 is 1.64. The van der Waals surface area contributed by atoms with Crippen LogP contribution in [0.3, 0.4) is 0 Å². The average Bonchev–Trinajstić information content (AvgIpc) is 2.54. The third kappa shape index (κ3) is 1.54. The molecule has 0 aliphatic rings. The first kappa shape index (κ1) is 9.75. The summed E-state index contributed by atoms with van der Waals surface area (Å²) in [7, 11) is 0. The third-order valence-corrected chi connectivity index (χ3v) is 3.20. The Labute approximate surface area is 78.1 Å². The van der Waals surface area contributed by atoms with E-state index in [-0.39, 0.29) is 5.92 Å². The van der Waals surface area contributed by atoms with Crippen LogP contribution >= 0.6 is 11.3 Å². The van der Waals surface area contributed by atoms with Crippen LogP contribution < -0.4 is 0 Å². The van der Waals surface area contributed by atoms with Gasteiger partial charge in [-0.1, -0.05) is 20.8 Å². The van der Waals surface area contributed by atoms with Crippen LogP contribution in [0.25, 0.3) is 0 Å². The smallest absolute Gasteiger partial charge is 0.0924 e. The molecule has 1 heterocycles. The van der Waals surface area contributed by atoms with Crippen molar-refractivity contribution in [3.05, 3.63) is 22.4 Å². The van der Waals surface area contributed by atoms with E-state index in [1.807, 2.05) is 23.8 Å². The summed E-state index contributed by atoms with van der Waals surface area (Å²) in [5.74, 6) is 0.275. The molecule has 0 aliphatic carbocycles. The highest BCUT2D eigenvalue weighted by molar-refractivity contribution is 7.08. The zero-order valence-corrected chi connectivity index (χ0v) is 8.69. The second kappa shape index (κ2) is 3.58. The van der Waals surface area contributed by atoms with Gasteiger partial charge >= 0.3 is 0 Å². The van der Waals surface area contributed by atoms with Crippen LogP contribution in [0.4, 0.5) is 0 Å². The van der Waals surface area contributed by atoms with E-state index in [2.05, 4.69) is 13.8 Å². The summed E-state index contributed by atoms with van der Waals surface area (Å²) in [6.07, 6.45) is 0.779. The van der Waals surface area contributed by atoms with Crippen LogP contribution in [0, 0.1) is 5.92 Å². The number of thiophene rings is 1. The fourth-order valence-electron chi connectivity index (χ4n) is 1.46. The highest BCUT2D eigenvalue weighted by atomic mass is 32.1. The highest BCUT2D eigenvalue weighted by Gasteiger charge is 2.30. The minimum absolute atomic E-state index is 0.275. The van der Waals surface area contributed by atoms with Gasteiger partial charge in [0.05, 0.1) is 5.60 Å². The van der Waals surface area contributed by atoms with Crippen LogP contribution in [0.2, 0.25) is 0 Å². The molecule has 12 heavy (non-hydrogen) atoms. The molecule has 1 unspecified atom stereocenters. The van der Waals surface area contributed by atoms with E-state index in [1.54, 1.807) is 11.3 Å². The Morgan fingerprint density at radius 2 is 2.25 bits per heavy atom. The molecule has 0 saturated carbocycles. The summed E-state index contributed by atoms with van der Waals surface area (Å²) in [6, 6.07) is 2.01. The van der Waals surface area contributed by atoms with Crippen molar-refractivity contribution in [2.45, 2.75) is 32.8 Å². The normalized spacial score (nSPS) is 16.4. The predicted molar refractivity (Wildman–Crippen MR) is 53.3 cm³/mol. The van der Waals surface area contributed by atoms with Gasteiger partial charge in [0, 0.05) is 0 Å². The zero-order chi connectivity index (χ0) is 9.19. The number of rotatable bonds is 3. The van der Waals surface area contributed by atoms with Gasteiger partial charge in [-0.25, -0.2) is 0 Å². The monoisotopic (exact) mass is 184 g/mol. The van der Waals surface area contributed by atoms with Gasteiger partial charge in [0.15, 0.2) is 0 Å². The van der Waals surface area contributed by atoms with Crippen molar-refractivity contribution < 1.29 is 5.11 Å². The lowest BCUT2D eigenvalue weighted by Crippen LogP contribution is -2.30. The standard InChI is InChI=1S/C10H16OS/c1-4-10(11,8(2)3)9-5-6-12-7-9/h5-8,11H,4H2,1-3H3. The predicted octanol–water partition coefficient (Wildman–Crippen LogP) is 3.00. The maximum absolute atomic E-state index is 10.3. The molecule has 1 atom stereocenters. The molecular weight excluding hydrogens is 168 g/mol. The molecule has 0 spiro atoms. The van der Waals surface area contributed by atoms with Crippen molar-refractivity contribution >= 4 is 11.3 Å². The second-order valence-electron chi connectivity index (χ2n) is 3.44. The molecule has 0 amide bonds. The Balaban J connectivity index is 2.96. The molecule has 2 heteroatoms. The van der Waals surface area contributed by atoms with Crippen molar-refractivity contribution in [1.82, 2.24) is 0 Å². The van der Waals surface area contributed by atoms with Crippen molar-refractivity contribution in [1.29, 1.82) is 0 Å². The number of hydrogen-bond acceptors (Lipinski definition) is 2. The highest BCUT2D eigenvalue weighted by Crippen LogP contribution is 2.33. The molecule has 0 aromatic carbocycles. The molecule has 1 rings (SSSR count). The molecule has 0 radical (unpaired) electrons. The van der Waals surface area contributed by atoms with Gasteiger partial charge in [-0.15, -0.1) is 0 Å². The van der Waals surface area contributed by atoms with E-state index in [1.165, 1.54) is 0 Å². The van der Waals surface area contributed by atoms with E-state index in [4.69, 9.17) is 0 Å². The molecule has 0 saturated heterocycles. The molecule has 1 aromatic heterocycles. The van der Waals surface area contributed by atoms with Crippen LogP contribution in [-0.4, -0.2) is 5.11 Å². The van der Waals surface area contributed by atoms with E-state index >= 15 is 0 Å². The van der Waals surface area contributed by atoms with Crippen molar-refractivity contribution in [3.63, 3.8) is 0 Å². The number of hydrogen-bond donors (Lipinski definition) is 1. The van der Waals surface area contributed by atoms with Crippen LogP contribution in [0.1, 0.15) is 32.8 Å². The summed E-state index contributed by atoms with van der Waals surface area (Å²) in [6.45, 7) is 6.14. The van der Waals surface area contributed by atoms with Gasteiger partial charge in [0.2, 0.25) is 0 Å². The van der Waals surface area contributed by atoms with Crippen LogP contribution in [0.5, 0.6) is 0 Å². The van der Waals surface area contributed by atoms with Gasteiger partial charge in [0.1, 0.15) is 0 Å². The average molecular weight is 184 g/mol. The SMILES string of the molecule is CCC(O)(c1ccsc1)C(C)C. The largest absolute Gasteiger partial charge is 0.385 e. The second-order valence-corrected chi connectivity index (χ2v) is 4.22. The Morgan fingerprint density at radius 3 is 2.58 bits per heavy atom. The Bertz CT molecular complexity index is 228. The van der Waals surface area contributed by atoms with E-state index < -0.39 is 5.60 Å². The zero-order valence-electron chi connectivity index (χ0n) is 7.87. The first-order valence-electron chi connectivity index (χ1n) is 4.36. The first-order valence-corrected chi connectivity index (χ1v) is 5.30. The first-order chi connectivity index (χ1) is 5.61. The number of aliphatic hydroxyl groups is 1. The summed E-state index contributed by atoms with van der Waals surface area (Å²) in [5, 5.41) is 14.3. The minimum Gasteiger partial charge on any atom is -0.385 e. The fourth-order valence-corrected chi connectivity index (χ4v) is 2.19. The summed E-state index contributed by atoms with van der Waals surface area (Å²) < 4.78 is 0. The lowest BCUT2D eigenvalue weighted by Gasteiger charge is -2.30. The maximum atomic E-state index is 10.3. The lowest BCUT2D eigenvalue weighted by molar-refractivity contribution is -0.0136. The van der Waals surface area contributed by atoms with Crippen molar-refractivity contribution in [2.24, 2.45) is 5.92 Å². The van der Waals surface area contributed by atoms with Gasteiger partial charge < -0.3 is 5.11 Å². The molecule has 1 aromatic rings. The molecular formula is C10H16OS. The molecule has 1 nitrogen and oxygen atoms in total. The van der Waals surface area contributed by atoms with Gasteiger partial charge in [-0.05, 0) is 34.7 Å². The topological polar surface area (TPSA) is 20.2 Å². The molecule has 0 bridgehead atoms. The fraction of sp³-hybridized carbons (Fsp3) is 0.600. The van der Waals surface area contributed by atoms with Crippen molar-refractivity contribution in [2.75, 3.05) is 0 Å². The molecule has 1 N–H and O–H groups in total. The minimum atomic E-state index is -0.625. The lowest BCUT2D eigenvalue weighted by atomic mass is 9.83. The van der Waals surface area contributed by atoms with E-state index in [9.17, 15) is 5.11 Å². The Kier molecular flexibility index (Phi) is 2.91. The van der Waals surface area contributed by atoms with Crippen molar-refractivity contribution in [3.8, 4) is 0 Å². The summed E-state index contributed by atoms with van der Waals surface area (Å²) in [4.78, 5) is 0. The Morgan fingerprint density at radius 1 is 1.58 bits per heavy atom. The molecule has 68 valence electrons.